The molecule has 1 rings (SSSR count). The first kappa shape index (κ1) is 16.1. The van der Waals surface area contributed by atoms with Gasteiger partial charge in [-0.2, -0.15) is 11.8 Å². The molecule has 0 amide bonds. The Hall–Kier alpha value is -1.00. The molecule has 4 heteroatoms. The number of rotatable bonds is 9. The second-order valence-corrected chi connectivity index (χ2v) is 5.70. The molecule has 1 aromatic carbocycles. The average molecular weight is 281 g/mol. The number of methoxy groups -OCH3 is 1. The van der Waals surface area contributed by atoms with Gasteiger partial charge < -0.3 is 10.5 Å². The van der Waals surface area contributed by atoms with Gasteiger partial charge in [0.15, 0.2) is 0 Å². The monoisotopic (exact) mass is 281 g/mol. The largest absolute Gasteiger partial charge is 0.468 e. The second kappa shape index (κ2) is 9.87. The summed E-state index contributed by atoms with van der Waals surface area (Å²) in [6, 6.07) is 10.1. The van der Waals surface area contributed by atoms with Gasteiger partial charge in [0, 0.05) is 0 Å². The SMILES string of the molecule is COC(=O)C(N)CCSCCCCc1ccccc1. The number of hydrogen-bond donors (Lipinski definition) is 1. The highest BCUT2D eigenvalue weighted by molar-refractivity contribution is 7.99. The summed E-state index contributed by atoms with van der Waals surface area (Å²) < 4.78 is 4.58. The number of unbranched alkanes of at least 4 members (excludes halogenated alkanes) is 1. The average Bonchev–Trinajstić information content (AvgIpc) is 2.46. The molecule has 0 radical (unpaired) electrons. The van der Waals surface area contributed by atoms with Crippen molar-refractivity contribution in [2.24, 2.45) is 5.73 Å². The third-order valence-corrected chi connectivity index (χ3v) is 4.03. The van der Waals surface area contributed by atoms with Crippen LogP contribution in [0.1, 0.15) is 24.8 Å². The van der Waals surface area contributed by atoms with Crippen LogP contribution in [0.5, 0.6) is 0 Å². The first-order valence-corrected chi connectivity index (χ1v) is 7.84. The molecule has 1 unspecified atom stereocenters. The molecule has 3 nitrogen and oxygen atoms in total. The molecule has 0 aliphatic rings. The number of nitrogens with two attached hydrogens (primary N) is 1. The van der Waals surface area contributed by atoms with Gasteiger partial charge in [0.05, 0.1) is 7.11 Å². The molecule has 2 N–H and O–H groups in total. The highest BCUT2D eigenvalue weighted by Crippen LogP contribution is 2.10. The maximum Gasteiger partial charge on any atom is 0.322 e. The highest BCUT2D eigenvalue weighted by Gasteiger charge is 2.12. The van der Waals surface area contributed by atoms with Crippen molar-refractivity contribution in [3.05, 3.63) is 35.9 Å². The van der Waals surface area contributed by atoms with Crippen molar-refractivity contribution in [1.29, 1.82) is 0 Å². The van der Waals surface area contributed by atoms with Crippen LogP contribution in [0, 0.1) is 0 Å². The van der Waals surface area contributed by atoms with Crippen LogP contribution in [-0.2, 0) is 16.0 Å². The zero-order valence-electron chi connectivity index (χ0n) is 11.5. The quantitative estimate of drug-likeness (QED) is 0.558. The number of benzene rings is 1. The van der Waals surface area contributed by atoms with Gasteiger partial charge >= 0.3 is 5.97 Å². The number of thioether (sulfide) groups is 1. The van der Waals surface area contributed by atoms with Crippen LogP contribution >= 0.6 is 11.8 Å². The summed E-state index contributed by atoms with van der Waals surface area (Å²) in [5.74, 6) is 1.73. The lowest BCUT2D eigenvalue weighted by Gasteiger charge is -2.08. The molecule has 1 atom stereocenters. The van der Waals surface area contributed by atoms with Gasteiger partial charge in [-0.05, 0) is 42.8 Å². The number of hydrogen-bond acceptors (Lipinski definition) is 4. The number of carbonyl (C=O) groups excluding carboxylic acids is 1. The van der Waals surface area contributed by atoms with E-state index < -0.39 is 6.04 Å². The van der Waals surface area contributed by atoms with Crippen molar-refractivity contribution in [1.82, 2.24) is 0 Å². The van der Waals surface area contributed by atoms with Gasteiger partial charge in [0.2, 0.25) is 0 Å². The molecule has 19 heavy (non-hydrogen) atoms. The molecule has 0 heterocycles. The van der Waals surface area contributed by atoms with E-state index in [4.69, 9.17) is 5.73 Å². The van der Waals surface area contributed by atoms with E-state index in [-0.39, 0.29) is 5.97 Å². The van der Waals surface area contributed by atoms with Crippen molar-refractivity contribution in [2.75, 3.05) is 18.6 Å². The van der Waals surface area contributed by atoms with Gasteiger partial charge in [0.1, 0.15) is 6.04 Å². The fraction of sp³-hybridized carbons (Fsp3) is 0.533. The lowest BCUT2D eigenvalue weighted by atomic mass is 10.1. The third-order valence-electron chi connectivity index (χ3n) is 2.92. The predicted molar refractivity (Wildman–Crippen MR) is 81.3 cm³/mol. The maximum atomic E-state index is 11.1. The fourth-order valence-corrected chi connectivity index (χ4v) is 2.79. The third kappa shape index (κ3) is 7.23. The number of carbonyl (C=O) groups is 1. The van der Waals surface area contributed by atoms with E-state index in [1.807, 2.05) is 17.8 Å². The van der Waals surface area contributed by atoms with Crippen molar-refractivity contribution in [2.45, 2.75) is 31.7 Å². The van der Waals surface area contributed by atoms with Crippen LogP contribution in [0.15, 0.2) is 30.3 Å². The van der Waals surface area contributed by atoms with Crippen LogP contribution in [0.3, 0.4) is 0 Å². The lowest BCUT2D eigenvalue weighted by molar-refractivity contribution is -0.142. The molecule has 0 saturated carbocycles. The summed E-state index contributed by atoms with van der Waals surface area (Å²) in [6.07, 6.45) is 4.24. The molecule has 0 aromatic heterocycles. The minimum Gasteiger partial charge on any atom is -0.468 e. The summed E-state index contributed by atoms with van der Waals surface area (Å²) >= 11 is 1.86. The summed E-state index contributed by atoms with van der Waals surface area (Å²) in [5, 5.41) is 0. The minimum absolute atomic E-state index is 0.315. The smallest absolute Gasteiger partial charge is 0.322 e. The topological polar surface area (TPSA) is 52.3 Å². The highest BCUT2D eigenvalue weighted by atomic mass is 32.2. The Kier molecular flexibility index (Phi) is 8.34. The van der Waals surface area contributed by atoms with Gasteiger partial charge in [-0.1, -0.05) is 30.3 Å². The Morgan fingerprint density at radius 2 is 2.00 bits per heavy atom. The standard InChI is InChI=1S/C15H23NO2S/c1-18-15(17)14(16)10-12-19-11-6-5-9-13-7-3-2-4-8-13/h2-4,7-8,14H,5-6,9-12,16H2,1H3. The Balaban J connectivity index is 1.96. The van der Waals surface area contributed by atoms with Crippen LogP contribution < -0.4 is 5.73 Å². The van der Waals surface area contributed by atoms with Gasteiger partial charge in [0.25, 0.3) is 0 Å². The van der Waals surface area contributed by atoms with Crippen LogP contribution in [0.4, 0.5) is 0 Å². The summed E-state index contributed by atoms with van der Waals surface area (Å²) in [4.78, 5) is 11.1. The number of aryl methyl sites for hydroxylation is 1. The van der Waals surface area contributed by atoms with E-state index in [9.17, 15) is 4.79 Å². The Morgan fingerprint density at radius 1 is 1.26 bits per heavy atom. The Labute approximate surface area is 119 Å². The van der Waals surface area contributed by atoms with Gasteiger partial charge in [-0.3, -0.25) is 4.79 Å². The number of esters is 1. The lowest BCUT2D eigenvalue weighted by Crippen LogP contribution is -2.32. The molecule has 106 valence electrons. The van der Waals surface area contributed by atoms with E-state index in [2.05, 4.69) is 29.0 Å². The minimum atomic E-state index is -0.471. The Morgan fingerprint density at radius 3 is 2.68 bits per heavy atom. The molecule has 0 aliphatic heterocycles. The van der Waals surface area contributed by atoms with E-state index in [1.165, 1.54) is 25.5 Å². The second-order valence-electron chi connectivity index (χ2n) is 4.47. The summed E-state index contributed by atoms with van der Waals surface area (Å²) in [5.41, 5.74) is 7.06. The van der Waals surface area contributed by atoms with Crippen LogP contribution in [0.2, 0.25) is 0 Å². The normalized spacial score (nSPS) is 12.1. The maximum absolute atomic E-state index is 11.1. The molecular formula is C15H23NO2S. The zero-order chi connectivity index (χ0) is 13.9. The van der Waals surface area contributed by atoms with E-state index in [0.29, 0.717) is 6.42 Å². The van der Waals surface area contributed by atoms with Crippen molar-refractivity contribution >= 4 is 17.7 Å². The summed E-state index contributed by atoms with van der Waals surface area (Å²) in [6.45, 7) is 0. The van der Waals surface area contributed by atoms with Crippen molar-refractivity contribution in [3.63, 3.8) is 0 Å². The number of ether oxygens (including phenoxy) is 1. The van der Waals surface area contributed by atoms with Crippen LogP contribution in [-0.4, -0.2) is 30.6 Å². The fourth-order valence-electron chi connectivity index (χ4n) is 1.76. The van der Waals surface area contributed by atoms with Gasteiger partial charge in [-0.25, -0.2) is 0 Å². The predicted octanol–water partition coefficient (Wildman–Crippen LogP) is 2.63. The van der Waals surface area contributed by atoms with E-state index >= 15 is 0 Å². The molecule has 0 bridgehead atoms. The first-order valence-electron chi connectivity index (χ1n) is 6.69. The molecule has 0 aliphatic carbocycles. The zero-order valence-corrected chi connectivity index (χ0v) is 12.3. The molecule has 0 fully saturated rings. The molecule has 1 aromatic rings. The van der Waals surface area contributed by atoms with Gasteiger partial charge in [-0.15, -0.1) is 0 Å². The molecule has 0 saturated heterocycles. The molecule has 0 spiro atoms. The summed E-state index contributed by atoms with van der Waals surface area (Å²) in [7, 11) is 1.37. The Bertz CT molecular complexity index is 356. The first-order chi connectivity index (χ1) is 9.24. The van der Waals surface area contributed by atoms with Crippen molar-refractivity contribution < 1.29 is 9.53 Å². The van der Waals surface area contributed by atoms with Crippen molar-refractivity contribution in [3.8, 4) is 0 Å². The van der Waals surface area contributed by atoms with E-state index in [1.54, 1.807) is 0 Å². The van der Waals surface area contributed by atoms with E-state index in [0.717, 1.165) is 17.9 Å². The molecular weight excluding hydrogens is 258 g/mol. The van der Waals surface area contributed by atoms with Crippen LogP contribution in [0.25, 0.3) is 0 Å².